The Hall–Kier alpha value is -1.89. The first-order valence-corrected chi connectivity index (χ1v) is 11.8. The minimum atomic E-state index is -0.0339. The molecule has 0 spiro atoms. The van der Waals surface area contributed by atoms with Gasteiger partial charge >= 0.3 is 0 Å². The number of nitrogens with zero attached hydrogens (tertiary/aromatic N) is 3. The summed E-state index contributed by atoms with van der Waals surface area (Å²) in [5.74, 6) is 0.920. The number of aromatic nitrogens is 2. The standard InChI is InChI=1S/C24H33ClN4O2/c1-16(2)12-20(28-8-10-31-11-9-28)14-26-24(30)21-15-27-29(23(21)18-5-6-18)19-7-4-17(3)22(25)13-19/h4,7,13,15-16,18,20H,5-6,8-12,14H2,1-3H3,(H,26,30). The van der Waals surface area contributed by atoms with E-state index in [1.807, 2.05) is 29.8 Å². The summed E-state index contributed by atoms with van der Waals surface area (Å²) >= 11 is 6.35. The normalized spacial score (nSPS) is 18.4. The number of halogens is 1. The summed E-state index contributed by atoms with van der Waals surface area (Å²) in [5, 5.41) is 8.50. The summed E-state index contributed by atoms with van der Waals surface area (Å²) in [7, 11) is 0. The number of benzene rings is 1. The highest BCUT2D eigenvalue weighted by atomic mass is 35.5. The molecular formula is C24H33ClN4O2. The van der Waals surface area contributed by atoms with Crippen LogP contribution in [0.4, 0.5) is 0 Å². The van der Waals surface area contributed by atoms with Crippen molar-refractivity contribution in [3.05, 3.63) is 46.2 Å². The fraction of sp³-hybridized carbons (Fsp3) is 0.583. The first-order valence-electron chi connectivity index (χ1n) is 11.4. The Bertz CT molecular complexity index is 916. The molecule has 6 nitrogen and oxygen atoms in total. The Morgan fingerprint density at radius 2 is 2.03 bits per heavy atom. The lowest BCUT2D eigenvalue weighted by Crippen LogP contribution is -2.49. The number of aryl methyl sites for hydroxylation is 1. The van der Waals surface area contributed by atoms with Gasteiger partial charge in [0.25, 0.3) is 5.91 Å². The lowest BCUT2D eigenvalue weighted by molar-refractivity contribution is 0.0124. The highest BCUT2D eigenvalue weighted by Crippen LogP contribution is 2.42. The molecule has 4 rings (SSSR count). The highest BCUT2D eigenvalue weighted by Gasteiger charge is 2.33. The van der Waals surface area contributed by atoms with Crippen molar-refractivity contribution in [3.63, 3.8) is 0 Å². The molecule has 1 aliphatic heterocycles. The second kappa shape index (κ2) is 9.72. The molecule has 2 aliphatic rings. The molecule has 1 atom stereocenters. The van der Waals surface area contributed by atoms with Crippen molar-refractivity contribution in [1.29, 1.82) is 0 Å². The number of carbonyl (C=O) groups is 1. The van der Waals surface area contributed by atoms with Crippen LogP contribution in [0.5, 0.6) is 0 Å². The number of nitrogens with one attached hydrogen (secondary N) is 1. The van der Waals surface area contributed by atoms with Crippen LogP contribution in [0.25, 0.3) is 5.69 Å². The van der Waals surface area contributed by atoms with Crippen LogP contribution in [-0.2, 0) is 4.74 Å². The van der Waals surface area contributed by atoms with Crippen molar-refractivity contribution >= 4 is 17.5 Å². The van der Waals surface area contributed by atoms with Gasteiger partial charge in [0, 0.05) is 36.6 Å². The van der Waals surface area contributed by atoms with Crippen molar-refractivity contribution in [2.45, 2.75) is 52.0 Å². The van der Waals surface area contributed by atoms with Crippen LogP contribution in [0.15, 0.2) is 24.4 Å². The predicted octanol–water partition coefficient (Wildman–Crippen LogP) is 4.19. The quantitative estimate of drug-likeness (QED) is 0.663. The minimum Gasteiger partial charge on any atom is -0.379 e. The zero-order chi connectivity index (χ0) is 22.0. The van der Waals surface area contributed by atoms with Crippen LogP contribution >= 0.6 is 11.6 Å². The van der Waals surface area contributed by atoms with E-state index in [1.54, 1.807) is 6.20 Å². The van der Waals surface area contributed by atoms with Gasteiger partial charge in [-0.15, -0.1) is 0 Å². The molecule has 2 heterocycles. The van der Waals surface area contributed by atoms with Gasteiger partial charge in [0.05, 0.1) is 36.4 Å². The molecular weight excluding hydrogens is 412 g/mol. The fourth-order valence-corrected chi connectivity index (χ4v) is 4.53. The van der Waals surface area contributed by atoms with Gasteiger partial charge in [0.1, 0.15) is 0 Å². The molecule has 2 fully saturated rings. The molecule has 1 aromatic carbocycles. The van der Waals surface area contributed by atoms with Crippen LogP contribution in [0.1, 0.15) is 60.6 Å². The van der Waals surface area contributed by atoms with Gasteiger partial charge in [0.15, 0.2) is 0 Å². The SMILES string of the molecule is Cc1ccc(-n2ncc(C(=O)NCC(CC(C)C)N3CCOCC3)c2C2CC2)cc1Cl. The molecule has 0 radical (unpaired) electrons. The van der Waals surface area contributed by atoms with E-state index in [2.05, 4.69) is 29.2 Å². The number of ether oxygens (including phenoxy) is 1. The van der Waals surface area contributed by atoms with Gasteiger partial charge < -0.3 is 10.1 Å². The smallest absolute Gasteiger partial charge is 0.254 e. The zero-order valence-corrected chi connectivity index (χ0v) is 19.5. The monoisotopic (exact) mass is 444 g/mol. The highest BCUT2D eigenvalue weighted by molar-refractivity contribution is 6.31. The fourth-order valence-electron chi connectivity index (χ4n) is 4.36. The summed E-state index contributed by atoms with van der Waals surface area (Å²) in [6.45, 7) is 10.5. The molecule has 168 valence electrons. The number of hydrogen-bond acceptors (Lipinski definition) is 4. The molecule has 1 amide bonds. The maximum absolute atomic E-state index is 13.2. The number of rotatable bonds is 8. The lowest BCUT2D eigenvalue weighted by Gasteiger charge is -2.35. The van der Waals surface area contributed by atoms with E-state index in [0.717, 1.165) is 62.5 Å². The van der Waals surface area contributed by atoms with E-state index in [4.69, 9.17) is 16.3 Å². The first-order chi connectivity index (χ1) is 14.9. The number of morpholine rings is 1. The van der Waals surface area contributed by atoms with Crippen LogP contribution < -0.4 is 5.32 Å². The third-order valence-electron chi connectivity index (χ3n) is 6.22. The topological polar surface area (TPSA) is 59.4 Å². The number of carbonyl (C=O) groups excluding carboxylic acids is 1. The van der Waals surface area contributed by atoms with E-state index < -0.39 is 0 Å². The Balaban J connectivity index is 1.51. The van der Waals surface area contributed by atoms with Gasteiger partial charge in [0.2, 0.25) is 0 Å². The Labute approximate surface area is 189 Å². The molecule has 2 aromatic rings. The van der Waals surface area contributed by atoms with E-state index in [1.165, 1.54) is 0 Å². The summed E-state index contributed by atoms with van der Waals surface area (Å²) < 4.78 is 7.40. The van der Waals surface area contributed by atoms with Gasteiger partial charge in [-0.2, -0.15) is 5.10 Å². The van der Waals surface area contributed by atoms with Crippen LogP contribution in [0.3, 0.4) is 0 Å². The second-order valence-corrected chi connectivity index (χ2v) is 9.61. The Morgan fingerprint density at radius 1 is 1.29 bits per heavy atom. The van der Waals surface area contributed by atoms with Crippen LogP contribution in [-0.4, -0.2) is 59.5 Å². The van der Waals surface area contributed by atoms with Gasteiger partial charge in [-0.25, -0.2) is 4.68 Å². The third kappa shape index (κ3) is 5.30. The summed E-state index contributed by atoms with van der Waals surface area (Å²) in [5.41, 5.74) is 3.62. The van der Waals surface area contributed by atoms with Crippen molar-refractivity contribution in [1.82, 2.24) is 20.0 Å². The van der Waals surface area contributed by atoms with E-state index >= 15 is 0 Å². The van der Waals surface area contributed by atoms with Crippen molar-refractivity contribution in [3.8, 4) is 5.69 Å². The van der Waals surface area contributed by atoms with Crippen LogP contribution in [0.2, 0.25) is 5.02 Å². The molecule has 1 unspecified atom stereocenters. The number of hydrogen-bond donors (Lipinski definition) is 1. The molecule has 31 heavy (non-hydrogen) atoms. The van der Waals surface area contributed by atoms with E-state index in [-0.39, 0.29) is 5.91 Å². The molecule has 1 saturated heterocycles. The largest absolute Gasteiger partial charge is 0.379 e. The lowest BCUT2D eigenvalue weighted by atomic mass is 10.0. The van der Waals surface area contributed by atoms with Crippen molar-refractivity contribution in [2.75, 3.05) is 32.8 Å². The summed E-state index contributed by atoms with van der Waals surface area (Å²) in [4.78, 5) is 15.7. The van der Waals surface area contributed by atoms with E-state index in [9.17, 15) is 4.79 Å². The second-order valence-electron chi connectivity index (χ2n) is 9.20. The van der Waals surface area contributed by atoms with Gasteiger partial charge in [-0.3, -0.25) is 9.69 Å². The number of amides is 1. The Kier molecular flexibility index (Phi) is 6.99. The zero-order valence-electron chi connectivity index (χ0n) is 18.7. The van der Waals surface area contributed by atoms with Gasteiger partial charge in [-0.05, 0) is 49.8 Å². The molecule has 1 aromatic heterocycles. The third-order valence-corrected chi connectivity index (χ3v) is 6.63. The maximum atomic E-state index is 13.2. The van der Waals surface area contributed by atoms with Crippen LogP contribution in [0, 0.1) is 12.8 Å². The molecule has 1 N–H and O–H groups in total. The van der Waals surface area contributed by atoms with Crippen molar-refractivity contribution in [2.24, 2.45) is 5.92 Å². The Morgan fingerprint density at radius 3 is 2.68 bits per heavy atom. The predicted molar refractivity (Wildman–Crippen MR) is 123 cm³/mol. The summed E-state index contributed by atoms with van der Waals surface area (Å²) in [6.07, 6.45) is 4.95. The average Bonchev–Trinajstić information content (AvgIpc) is 3.51. The molecule has 1 aliphatic carbocycles. The van der Waals surface area contributed by atoms with E-state index in [0.29, 0.717) is 35.0 Å². The van der Waals surface area contributed by atoms with Crippen molar-refractivity contribution < 1.29 is 9.53 Å². The maximum Gasteiger partial charge on any atom is 0.254 e. The first kappa shape index (κ1) is 22.3. The minimum absolute atomic E-state index is 0.0339. The molecule has 7 heteroatoms. The molecule has 0 bridgehead atoms. The summed E-state index contributed by atoms with van der Waals surface area (Å²) in [6, 6.07) is 6.25. The van der Waals surface area contributed by atoms with Gasteiger partial charge in [-0.1, -0.05) is 31.5 Å². The molecule has 1 saturated carbocycles. The average molecular weight is 445 g/mol.